The number of amides is 1. The predicted molar refractivity (Wildman–Crippen MR) is 109 cm³/mol. The molecule has 0 spiro atoms. The maximum atomic E-state index is 12.2. The average Bonchev–Trinajstić information content (AvgIpc) is 2.61. The first-order valence-electron chi connectivity index (χ1n) is 8.00. The van der Waals surface area contributed by atoms with Crippen LogP contribution < -0.4 is 11.1 Å². The Bertz CT molecular complexity index is 645. The van der Waals surface area contributed by atoms with E-state index < -0.39 is 13.1 Å². The molecule has 5 N–H and O–H groups in total. The molecule has 0 aliphatic carbocycles. The number of carbonyl (C=O) groups excluding carboxylic acids is 1. The summed E-state index contributed by atoms with van der Waals surface area (Å²) in [5, 5.41) is 21.4. The van der Waals surface area contributed by atoms with Crippen LogP contribution in [0.3, 0.4) is 0 Å². The Morgan fingerprint density at radius 3 is 2.35 bits per heavy atom. The van der Waals surface area contributed by atoms with Crippen molar-refractivity contribution in [3.63, 3.8) is 0 Å². The fourth-order valence-corrected chi connectivity index (χ4v) is 2.36. The lowest BCUT2D eigenvalue weighted by atomic mass is 9.76. The van der Waals surface area contributed by atoms with Crippen LogP contribution in [-0.4, -0.2) is 40.5 Å². The van der Waals surface area contributed by atoms with E-state index in [2.05, 4.69) is 10.3 Å². The second-order valence-corrected chi connectivity index (χ2v) is 5.58. The second kappa shape index (κ2) is 12.7. The fraction of sp³-hybridized carbons (Fsp3) is 0.294. The number of carbonyl (C=O) groups is 1. The normalized spacial score (nSPS) is 10.9. The van der Waals surface area contributed by atoms with Gasteiger partial charge in [-0.25, -0.2) is 0 Å². The summed E-state index contributed by atoms with van der Waals surface area (Å²) >= 11 is 0. The summed E-state index contributed by atoms with van der Waals surface area (Å²) in [6.07, 6.45) is 3.42. The first-order valence-corrected chi connectivity index (χ1v) is 8.00. The largest absolute Gasteiger partial charge is 0.475 e. The molecule has 0 saturated heterocycles. The quantitative estimate of drug-likeness (QED) is 0.400. The maximum Gasteiger partial charge on any atom is 0.475 e. The summed E-state index contributed by atoms with van der Waals surface area (Å²) in [6, 6.07) is 13.1. The summed E-state index contributed by atoms with van der Waals surface area (Å²) in [5.74, 6) is -1.11. The first kappa shape index (κ1) is 24.4. The molecule has 0 aliphatic heterocycles. The summed E-state index contributed by atoms with van der Waals surface area (Å²) < 4.78 is 0. The van der Waals surface area contributed by atoms with Gasteiger partial charge in [0.15, 0.2) is 0 Å². The molecule has 9 heteroatoms. The van der Waals surface area contributed by atoms with Crippen LogP contribution >= 0.6 is 24.8 Å². The van der Waals surface area contributed by atoms with E-state index in [1.165, 1.54) is 6.20 Å². The molecule has 1 atom stereocenters. The molecule has 142 valence electrons. The van der Waals surface area contributed by atoms with E-state index in [0.717, 1.165) is 17.7 Å². The number of rotatable bonds is 8. The molecule has 0 unspecified atom stereocenters. The van der Waals surface area contributed by atoms with E-state index >= 15 is 0 Å². The van der Waals surface area contributed by atoms with Crippen LogP contribution in [0.1, 0.15) is 29.6 Å². The first-order chi connectivity index (χ1) is 11.6. The van der Waals surface area contributed by atoms with Gasteiger partial charge in [-0.15, -0.1) is 24.8 Å². The van der Waals surface area contributed by atoms with Crippen LogP contribution in [0.25, 0.3) is 11.3 Å². The van der Waals surface area contributed by atoms with Gasteiger partial charge in [-0.1, -0.05) is 36.8 Å². The Morgan fingerprint density at radius 2 is 1.81 bits per heavy atom. The highest BCUT2D eigenvalue weighted by atomic mass is 35.5. The molecule has 6 nitrogen and oxygen atoms in total. The number of benzene rings is 1. The third kappa shape index (κ3) is 7.31. The van der Waals surface area contributed by atoms with Crippen molar-refractivity contribution in [2.24, 2.45) is 5.73 Å². The molecule has 0 radical (unpaired) electrons. The highest BCUT2D eigenvalue weighted by molar-refractivity contribution is 6.43. The van der Waals surface area contributed by atoms with Gasteiger partial charge in [0.05, 0.1) is 17.2 Å². The van der Waals surface area contributed by atoms with Gasteiger partial charge in [0, 0.05) is 11.8 Å². The zero-order valence-corrected chi connectivity index (χ0v) is 15.9. The summed E-state index contributed by atoms with van der Waals surface area (Å²) in [7, 11) is -1.61. The van der Waals surface area contributed by atoms with Gasteiger partial charge in [0.2, 0.25) is 0 Å². The summed E-state index contributed by atoms with van der Waals surface area (Å²) in [6.45, 7) is 0.535. The van der Waals surface area contributed by atoms with Gasteiger partial charge < -0.3 is 21.1 Å². The van der Waals surface area contributed by atoms with E-state index in [1.807, 2.05) is 30.3 Å². The molecule has 26 heavy (non-hydrogen) atoms. The number of nitrogens with zero attached hydrogens (tertiary/aromatic N) is 1. The van der Waals surface area contributed by atoms with Crippen molar-refractivity contribution in [3.8, 4) is 11.3 Å². The highest BCUT2D eigenvalue weighted by Gasteiger charge is 2.25. The van der Waals surface area contributed by atoms with Crippen molar-refractivity contribution < 1.29 is 14.8 Å². The van der Waals surface area contributed by atoms with E-state index in [4.69, 9.17) is 5.73 Å². The van der Waals surface area contributed by atoms with Crippen molar-refractivity contribution in [2.45, 2.75) is 25.2 Å². The molecule has 1 aromatic carbocycles. The SMILES string of the molecule is Cl.Cl.NCCCC[C@H](NC(=O)c1ccc(-c2ccccc2)nc1)B(O)O. The molecule has 0 aliphatic rings. The average molecular weight is 400 g/mol. The zero-order valence-electron chi connectivity index (χ0n) is 14.2. The fourth-order valence-electron chi connectivity index (χ4n) is 2.36. The topological polar surface area (TPSA) is 108 Å². The Labute approximate surface area is 166 Å². The van der Waals surface area contributed by atoms with Gasteiger partial charge in [-0.2, -0.15) is 0 Å². The molecule has 0 saturated carbocycles. The lowest BCUT2D eigenvalue weighted by Gasteiger charge is -2.17. The van der Waals surface area contributed by atoms with Crippen molar-refractivity contribution in [3.05, 3.63) is 54.2 Å². The predicted octanol–water partition coefficient (Wildman–Crippen LogP) is 1.83. The third-order valence-electron chi connectivity index (χ3n) is 3.74. The Morgan fingerprint density at radius 1 is 1.12 bits per heavy atom. The zero-order chi connectivity index (χ0) is 17.4. The molecule has 1 heterocycles. The standard InChI is InChI=1S/C17H22BN3O3.2ClH/c19-11-5-4-8-16(18(23)24)21-17(22)14-9-10-15(20-12-14)13-6-2-1-3-7-13;;/h1-3,6-7,9-10,12,16,23-24H,4-5,8,11,19H2,(H,21,22);2*1H/t16-;;/m0../s1. The third-order valence-corrected chi connectivity index (χ3v) is 3.74. The van der Waals surface area contributed by atoms with E-state index in [9.17, 15) is 14.8 Å². The Kier molecular flexibility index (Phi) is 11.9. The number of hydrogen-bond donors (Lipinski definition) is 4. The lowest BCUT2D eigenvalue weighted by molar-refractivity contribution is 0.0939. The second-order valence-electron chi connectivity index (χ2n) is 5.58. The van der Waals surface area contributed by atoms with Crippen molar-refractivity contribution in [1.82, 2.24) is 10.3 Å². The van der Waals surface area contributed by atoms with Crippen molar-refractivity contribution in [1.29, 1.82) is 0 Å². The minimum atomic E-state index is -1.61. The molecule has 1 aromatic heterocycles. The minimum absolute atomic E-state index is 0. The molecule has 2 aromatic rings. The molecular weight excluding hydrogens is 376 g/mol. The number of hydrogen-bond acceptors (Lipinski definition) is 5. The maximum absolute atomic E-state index is 12.2. The van der Waals surface area contributed by atoms with E-state index in [1.54, 1.807) is 12.1 Å². The number of unbranched alkanes of at least 4 members (excludes halogenated alkanes) is 1. The van der Waals surface area contributed by atoms with Crippen LogP contribution in [0.2, 0.25) is 0 Å². The number of nitrogens with one attached hydrogen (secondary N) is 1. The van der Waals surface area contributed by atoms with Crippen LogP contribution in [-0.2, 0) is 0 Å². The monoisotopic (exact) mass is 399 g/mol. The number of halogens is 2. The lowest BCUT2D eigenvalue weighted by Crippen LogP contribution is -2.46. The van der Waals surface area contributed by atoms with Crippen LogP contribution in [0.5, 0.6) is 0 Å². The number of pyridine rings is 1. The van der Waals surface area contributed by atoms with Crippen LogP contribution in [0.4, 0.5) is 0 Å². The van der Waals surface area contributed by atoms with Gasteiger partial charge in [0.25, 0.3) is 5.91 Å². The van der Waals surface area contributed by atoms with Crippen molar-refractivity contribution in [2.75, 3.05) is 6.54 Å². The van der Waals surface area contributed by atoms with Gasteiger partial charge in [0.1, 0.15) is 0 Å². The molecule has 0 bridgehead atoms. The van der Waals surface area contributed by atoms with E-state index in [0.29, 0.717) is 24.9 Å². The summed E-state index contributed by atoms with van der Waals surface area (Å²) in [4.78, 5) is 16.5. The van der Waals surface area contributed by atoms with Gasteiger partial charge >= 0.3 is 7.12 Å². The van der Waals surface area contributed by atoms with Gasteiger partial charge in [-0.05, 0) is 31.5 Å². The summed E-state index contributed by atoms with van der Waals surface area (Å²) in [5.41, 5.74) is 7.54. The molecule has 1 amide bonds. The van der Waals surface area contributed by atoms with Gasteiger partial charge in [-0.3, -0.25) is 9.78 Å². The van der Waals surface area contributed by atoms with E-state index in [-0.39, 0.29) is 30.7 Å². The minimum Gasteiger partial charge on any atom is -0.426 e. The smallest absolute Gasteiger partial charge is 0.426 e. The van der Waals surface area contributed by atoms with Crippen LogP contribution in [0.15, 0.2) is 48.7 Å². The molecule has 2 rings (SSSR count). The number of aromatic nitrogens is 1. The molecule has 0 fully saturated rings. The highest BCUT2D eigenvalue weighted by Crippen LogP contribution is 2.16. The molecular formula is C17H24BCl2N3O3. The number of nitrogens with two attached hydrogens (primary N) is 1. The Balaban J connectivity index is 0.00000312. The Hall–Kier alpha value is -1.64. The van der Waals surface area contributed by atoms with Crippen LogP contribution in [0, 0.1) is 0 Å². The van der Waals surface area contributed by atoms with Crippen molar-refractivity contribution >= 4 is 37.8 Å².